The molecular formula is C21H21NO6S. The van der Waals surface area contributed by atoms with E-state index in [0.717, 1.165) is 11.8 Å². The van der Waals surface area contributed by atoms with Crippen LogP contribution < -0.4 is 24.3 Å². The van der Waals surface area contributed by atoms with Gasteiger partial charge in [0, 0.05) is 12.0 Å². The maximum atomic E-state index is 11.8. The monoisotopic (exact) mass is 415 g/mol. The largest absolute Gasteiger partial charge is 0.493 e. The first-order chi connectivity index (χ1) is 14.1. The Bertz CT molecular complexity index is 927. The van der Waals surface area contributed by atoms with Gasteiger partial charge in [0.15, 0.2) is 23.0 Å². The van der Waals surface area contributed by atoms with Crippen molar-refractivity contribution in [3.05, 3.63) is 52.9 Å². The van der Waals surface area contributed by atoms with E-state index in [9.17, 15) is 9.59 Å². The van der Waals surface area contributed by atoms with Gasteiger partial charge in [-0.3, -0.25) is 14.9 Å². The Hall–Kier alpha value is -3.13. The minimum atomic E-state index is -0.418. The van der Waals surface area contributed by atoms with Gasteiger partial charge in [-0.25, -0.2) is 0 Å². The number of methoxy groups -OCH3 is 2. The van der Waals surface area contributed by atoms with E-state index in [1.807, 2.05) is 24.3 Å². The number of ether oxygens (including phenoxy) is 4. The maximum Gasteiger partial charge on any atom is 0.290 e. The van der Waals surface area contributed by atoms with Crippen LogP contribution in [0.5, 0.6) is 23.0 Å². The van der Waals surface area contributed by atoms with Gasteiger partial charge in [-0.05, 0) is 36.0 Å². The van der Waals surface area contributed by atoms with E-state index in [1.165, 1.54) is 0 Å². The molecule has 1 aliphatic heterocycles. The lowest BCUT2D eigenvalue weighted by Gasteiger charge is -2.14. The first-order valence-corrected chi connectivity index (χ1v) is 9.74. The summed E-state index contributed by atoms with van der Waals surface area (Å²) in [5.74, 6) is 1.98. The highest BCUT2D eigenvalue weighted by atomic mass is 32.2. The SMILES string of the molecule is COc1ccccc1OCCCOc1c(/C=C2\SC(=O)NC2=O)cccc1OC. The van der Waals surface area contributed by atoms with E-state index in [-0.39, 0.29) is 5.24 Å². The van der Waals surface area contributed by atoms with E-state index in [1.54, 1.807) is 38.5 Å². The molecular weight excluding hydrogens is 394 g/mol. The molecule has 0 atom stereocenters. The van der Waals surface area contributed by atoms with Crippen LogP contribution in [0.15, 0.2) is 47.4 Å². The molecule has 152 valence electrons. The molecule has 0 saturated carbocycles. The lowest BCUT2D eigenvalue weighted by Crippen LogP contribution is -2.17. The third-order valence-corrected chi connectivity index (χ3v) is 4.83. The molecule has 0 radical (unpaired) electrons. The van der Waals surface area contributed by atoms with Gasteiger partial charge in [0.25, 0.3) is 11.1 Å². The molecule has 1 saturated heterocycles. The van der Waals surface area contributed by atoms with Crippen molar-refractivity contribution in [2.45, 2.75) is 6.42 Å². The fourth-order valence-corrected chi connectivity index (χ4v) is 3.35. The van der Waals surface area contributed by atoms with E-state index in [4.69, 9.17) is 18.9 Å². The number of nitrogens with one attached hydrogen (secondary N) is 1. The van der Waals surface area contributed by atoms with Gasteiger partial charge in [-0.2, -0.15) is 0 Å². The second-order valence-electron chi connectivity index (χ2n) is 5.93. The fraction of sp³-hybridized carbons (Fsp3) is 0.238. The number of benzene rings is 2. The van der Waals surface area contributed by atoms with Gasteiger partial charge in [-0.15, -0.1) is 0 Å². The molecule has 1 N–H and O–H groups in total. The van der Waals surface area contributed by atoms with Crippen LogP contribution in [0.3, 0.4) is 0 Å². The van der Waals surface area contributed by atoms with Crippen LogP contribution >= 0.6 is 11.8 Å². The predicted molar refractivity (Wildman–Crippen MR) is 111 cm³/mol. The van der Waals surface area contributed by atoms with Crippen molar-refractivity contribution < 1.29 is 28.5 Å². The van der Waals surface area contributed by atoms with E-state index in [2.05, 4.69) is 5.32 Å². The zero-order valence-corrected chi connectivity index (χ0v) is 16.9. The zero-order valence-electron chi connectivity index (χ0n) is 16.1. The summed E-state index contributed by atoms with van der Waals surface area (Å²) in [7, 11) is 3.14. The Morgan fingerprint density at radius 3 is 2.28 bits per heavy atom. The number of rotatable bonds is 9. The zero-order chi connectivity index (χ0) is 20.6. The average molecular weight is 415 g/mol. The summed E-state index contributed by atoms with van der Waals surface area (Å²) in [5, 5.41) is 1.85. The lowest BCUT2D eigenvalue weighted by atomic mass is 10.1. The Labute approximate surface area is 173 Å². The van der Waals surface area contributed by atoms with Gasteiger partial charge in [0.1, 0.15) is 0 Å². The summed E-state index contributed by atoms with van der Waals surface area (Å²) < 4.78 is 22.3. The van der Waals surface area contributed by atoms with Crippen molar-refractivity contribution in [2.75, 3.05) is 27.4 Å². The summed E-state index contributed by atoms with van der Waals surface area (Å²) in [6, 6.07) is 12.8. The third kappa shape index (κ3) is 5.23. The summed E-state index contributed by atoms with van der Waals surface area (Å²) >= 11 is 0.857. The normalized spacial score (nSPS) is 14.6. The summed E-state index contributed by atoms with van der Waals surface area (Å²) in [6.07, 6.45) is 2.24. The van der Waals surface area contributed by atoms with E-state index in [0.29, 0.717) is 53.1 Å². The van der Waals surface area contributed by atoms with Gasteiger partial charge >= 0.3 is 0 Å². The maximum absolute atomic E-state index is 11.8. The Kier molecular flexibility index (Phi) is 7.02. The third-order valence-electron chi connectivity index (χ3n) is 4.02. The van der Waals surface area contributed by atoms with Crippen molar-refractivity contribution in [3.8, 4) is 23.0 Å². The first-order valence-electron chi connectivity index (χ1n) is 8.93. The van der Waals surface area contributed by atoms with Crippen LogP contribution in [0.1, 0.15) is 12.0 Å². The highest BCUT2D eigenvalue weighted by Crippen LogP contribution is 2.35. The molecule has 0 spiro atoms. The van der Waals surface area contributed by atoms with Crippen LogP contribution in [0.25, 0.3) is 6.08 Å². The number of hydrogen-bond donors (Lipinski definition) is 1. The van der Waals surface area contributed by atoms with Crippen LogP contribution in [0.4, 0.5) is 4.79 Å². The summed E-state index contributed by atoms with van der Waals surface area (Å²) in [6.45, 7) is 0.822. The molecule has 0 aromatic heterocycles. The quantitative estimate of drug-likeness (QED) is 0.492. The Morgan fingerprint density at radius 2 is 1.59 bits per heavy atom. The number of carbonyl (C=O) groups is 2. The van der Waals surface area contributed by atoms with Gasteiger partial charge in [0.2, 0.25) is 0 Å². The Balaban J connectivity index is 1.63. The minimum Gasteiger partial charge on any atom is -0.493 e. The molecule has 2 amide bonds. The molecule has 1 fully saturated rings. The molecule has 3 rings (SSSR count). The summed E-state index contributed by atoms with van der Waals surface area (Å²) in [5.41, 5.74) is 0.655. The van der Waals surface area contributed by atoms with Gasteiger partial charge in [0.05, 0.1) is 32.3 Å². The number of hydrogen-bond acceptors (Lipinski definition) is 7. The Morgan fingerprint density at radius 1 is 0.897 bits per heavy atom. The van der Waals surface area contributed by atoms with Gasteiger partial charge < -0.3 is 18.9 Å². The molecule has 8 heteroatoms. The van der Waals surface area contributed by atoms with Crippen LogP contribution in [-0.2, 0) is 4.79 Å². The molecule has 7 nitrogen and oxygen atoms in total. The van der Waals surface area contributed by atoms with Crippen molar-refractivity contribution in [1.82, 2.24) is 5.32 Å². The highest BCUT2D eigenvalue weighted by molar-refractivity contribution is 8.18. The minimum absolute atomic E-state index is 0.313. The molecule has 1 heterocycles. The molecule has 1 aliphatic rings. The molecule has 0 unspecified atom stereocenters. The summed E-state index contributed by atoms with van der Waals surface area (Å²) in [4.78, 5) is 23.5. The van der Waals surface area contributed by atoms with Crippen LogP contribution in [0.2, 0.25) is 0 Å². The van der Waals surface area contributed by atoms with Crippen molar-refractivity contribution in [2.24, 2.45) is 0 Å². The molecule has 0 aliphatic carbocycles. The predicted octanol–water partition coefficient (Wildman–Crippen LogP) is 3.88. The second-order valence-corrected chi connectivity index (χ2v) is 6.95. The van der Waals surface area contributed by atoms with Crippen molar-refractivity contribution >= 4 is 29.0 Å². The fourth-order valence-electron chi connectivity index (χ4n) is 2.68. The van der Waals surface area contributed by atoms with E-state index < -0.39 is 5.91 Å². The molecule has 2 aromatic rings. The molecule has 0 bridgehead atoms. The first kappa shape index (κ1) is 20.6. The number of para-hydroxylation sites is 3. The average Bonchev–Trinajstić information content (AvgIpc) is 3.05. The molecule has 29 heavy (non-hydrogen) atoms. The number of thioether (sulfide) groups is 1. The number of carbonyl (C=O) groups excluding carboxylic acids is 2. The molecule has 2 aromatic carbocycles. The van der Waals surface area contributed by atoms with Gasteiger partial charge in [-0.1, -0.05) is 24.3 Å². The van der Waals surface area contributed by atoms with Crippen molar-refractivity contribution in [1.29, 1.82) is 0 Å². The second kappa shape index (κ2) is 9.88. The standard InChI is InChI=1S/C21H21NO6S/c1-25-15-8-3-4-9-16(15)27-11-6-12-28-19-14(7-5-10-17(19)26-2)13-18-20(23)22-21(24)29-18/h3-5,7-10,13H,6,11-12H2,1-2H3,(H,22,23,24)/b18-13-. The topological polar surface area (TPSA) is 83.1 Å². The highest BCUT2D eigenvalue weighted by Gasteiger charge is 2.25. The van der Waals surface area contributed by atoms with Crippen molar-refractivity contribution in [3.63, 3.8) is 0 Å². The smallest absolute Gasteiger partial charge is 0.290 e. The lowest BCUT2D eigenvalue weighted by molar-refractivity contribution is -0.115. The van der Waals surface area contributed by atoms with Crippen LogP contribution in [0, 0.1) is 0 Å². The number of amides is 2. The van der Waals surface area contributed by atoms with E-state index >= 15 is 0 Å². The van der Waals surface area contributed by atoms with Crippen LogP contribution in [-0.4, -0.2) is 38.6 Å². The number of imide groups is 1.